The van der Waals surface area contributed by atoms with Crippen molar-refractivity contribution in [1.29, 1.82) is 0 Å². The summed E-state index contributed by atoms with van der Waals surface area (Å²) in [6.07, 6.45) is 6.72. The lowest BCUT2D eigenvalue weighted by molar-refractivity contribution is -0.126. The van der Waals surface area contributed by atoms with E-state index in [-0.39, 0.29) is 24.4 Å². The predicted molar refractivity (Wildman–Crippen MR) is 86.5 cm³/mol. The van der Waals surface area contributed by atoms with Gasteiger partial charge in [-0.1, -0.05) is 23.7 Å². The Kier molecular flexibility index (Phi) is 4.94. The minimum atomic E-state index is -0.294. The van der Waals surface area contributed by atoms with Gasteiger partial charge in [-0.3, -0.25) is 4.79 Å². The van der Waals surface area contributed by atoms with Gasteiger partial charge in [-0.2, -0.15) is 0 Å². The van der Waals surface area contributed by atoms with E-state index < -0.39 is 0 Å². The van der Waals surface area contributed by atoms with Gasteiger partial charge in [0.1, 0.15) is 5.82 Å². The Balaban J connectivity index is 1.38. The zero-order valence-electron chi connectivity index (χ0n) is 13.4. The Morgan fingerprint density at radius 1 is 1.39 bits per heavy atom. The van der Waals surface area contributed by atoms with Crippen LogP contribution in [0.15, 0.2) is 29.4 Å². The third-order valence-electron chi connectivity index (χ3n) is 5.17. The van der Waals surface area contributed by atoms with E-state index >= 15 is 0 Å². The maximum atomic E-state index is 12.8. The van der Waals surface area contributed by atoms with Crippen molar-refractivity contribution in [3.63, 3.8) is 0 Å². The van der Waals surface area contributed by atoms with E-state index in [2.05, 4.69) is 17.4 Å². The standard InChI is InChI=1S/C18H23FN2O2/c1-12(17-9-14-2-5-15(17)8-14)21-18(22)11-23-20-10-13-3-6-16(19)7-4-13/h3-4,6-7,10,12,14-15,17H,2,5,8-9,11H2,1H3,(H,21,22)/b20-10+. The number of carbonyl (C=O) groups excluding carboxylic acids is 1. The second kappa shape index (κ2) is 7.11. The van der Waals surface area contributed by atoms with Crippen molar-refractivity contribution in [2.75, 3.05) is 6.61 Å². The van der Waals surface area contributed by atoms with Crippen LogP contribution in [0.1, 0.15) is 38.2 Å². The summed E-state index contributed by atoms with van der Waals surface area (Å²) in [5.41, 5.74) is 0.724. The highest BCUT2D eigenvalue weighted by Gasteiger charge is 2.42. The minimum absolute atomic E-state index is 0.0944. The molecule has 1 aromatic rings. The molecule has 1 aromatic carbocycles. The molecule has 0 saturated heterocycles. The van der Waals surface area contributed by atoms with Crippen molar-refractivity contribution in [3.8, 4) is 0 Å². The highest BCUT2D eigenvalue weighted by molar-refractivity contribution is 5.79. The average Bonchev–Trinajstić information content (AvgIpc) is 3.16. The van der Waals surface area contributed by atoms with Gasteiger partial charge in [0.25, 0.3) is 5.91 Å². The lowest BCUT2D eigenvalue weighted by Gasteiger charge is -2.28. The van der Waals surface area contributed by atoms with Gasteiger partial charge in [0.05, 0.1) is 6.21 Å². The number of rotatable bonds is 6. The predicted octanol–water partition coefficient (Wildman–Crippen LogP) is 3.12. The van der Waals surface area contributed by atoms with Gasteiger partial charge in [-0.25, -0.2) is 4.39 Å². The Morgan fingerprint density at radius 3 is 2.83 bits per heavy atom. The molecular formula is C18H23FN2O2. The molecular weight excluding hydrogens is 295 g/mol. The van der Waals surface area contributed by atoms with E-state index in [1.54, 1.807) is 12.1 Å². The van der Waals surface area contributed by atoms with Gasteiger partial charge in [-0.05, 0) is 61.6 Å². The van der Waals surface area contributed by atoms with Crippen molar-refractivity contribution in [2.45, 2.75) is 38.6 Å². The monoisotopic (exact) mass is 318 g/mol. The molecule has 2 saturated carbocycles. The lowest BCUT2D eigenvalue weighted by Crippen LogP contribution is -2.41. The largest absolute Gasteiger partial charge is 0.386 e. The molecule has 0 aromatic heterocycles. The van der Waals surface area contributed by atoms with Gasteiger partial charge in [-0.15, -0.1) is 0 Å². The van der Waals surface area contributed by atoms with E-state index in [0.717, 1.165) is 17.4 Å². The van der Waals surface area contributed by atoms with E-state index in [9.17, 15) is 9.18 Å². The average molecular weight is 318 g/mol. The van der Waals surface area contributed by atoms with Crippen LogP contribution in [-0.4, -0.2) is 24.8 Å². The van der Waals surface area contributed by atoms with Crippen LogP contribution in [0.3, 0.4) is 0 Å². The van der Waals surface area contributed by atoms with Crippen LogP contribution in [0.5, 0.6) is 0 Å². The summed E-state index contributed by atoms with van der Waals surface area (Å²) in [6.45, 7) is 1.99. The van der Waals surface area contributed by atoms with Crippen LogP contribution in [0, 0.1) is 23.6 Å². The maximum absolute atomic E-state index is 12.8. The quantitative estimate of drug-likeness (QED) is 0.647. The number of fused-ring (bicyclic) bond motifs is 2. The fraction of sp³-hybridized carbons (Fsp3) is 0.556. The summed E-state index contributed by atoms with van der Waals surface area (Å²) in [5.74, 6) is 1.84. The number of benzene rings is 1. The summed E-state index contributed by atoms with van der Waals surface area (Å²) >= 11 is 0. The molecule has 2 bridgehead atoms. The van der Waals surface area contributed by atoms with Crippen molar-refractivity contribution in [3.05, 3.63) is 35.6 Å². The Hall–Kier alpha value is -1.91. The van der Waals surface area contributed by atoms with Crippen LogP contribution < -0.4 is 5.32 Å². The molecule has 0 heterocycles. The second-order valence-corrected chi connectivity index (χ2v) is 6.75. The summed E-state index contributed by atoms with van der Waals surface area (Å²) in [6, 6.07) is 6.09. The maximum Gasteiger partial charge on any atom is 0.260 e. The normalized spacial score (nSPS) is 27.3. The minimum Gasteiger partial charge on any atom is -0.386 e. The summed E-state index contributed by atoms with van der Waals surface area (Å²) < 4.78 is 12.8. The van der Waals surface area contributed by atoms with E-state index in [1.165, 1.54) is 44.0 Å². The van der Waals surface area contributed by atoms with Crippen LogP contribution in [0.25, 0.3) is 0 Å². The summed E-state index contributed by atoms with van der Waals surface area (Å²) in [7, 11) is 0. The van der Waals surface area contributed by atoms with Crippen LogP contribution >= 0.6 is 0 Å². The van der Waals surface area contributed by atoms with Gasteiger partial charge < -0.3 is 10.2 Å². The van der Waals surface area contributed by atoms with Crippen LogP contribution in [0.4, 0.5) is 4.39 Å². The second-order valence-electron chi connectivity index (χ2n) is 6.75. The fourth-order valence-corrected chi connectivity index (χ4v) is 4.05. The molecule has 3 rings (SSSR count). The van der Waals surface area contributed by atoms with Crippen molar-refractivity contribution < 1.29 is 14.0 Å². The molecule has 4 nitrogen and oxygen atoms in total. The molecule has 5 heteroatoms. The molecule has 4 atom stereocenters. The number of oxime groups is 1. The first kappa shape index (κ1) is 16.0. The van der Waals surface area contributed by atoms with Gasteiger partial charge in [0.2, 0.25) is 0 Å². The molecule has 4 unspecified atom stereocenters. The molecule has 2 aliphatic carbocycles. The third-order valence-corrected chi connectivity index (χ3v) is 5.17. The van der Waals surface area contributed by atoms with E-state index in [1.807, 2.05) is 0 Å². The topological polar surface area (TPSA) is 50.7 Å². The number of hydrogen-bond donors (Lipinski definition) is 1. The molecule has 0 aliphatic heterocycles. The van der Waals surface area contributed by atoms with Crippen molar-refractivity contribution >= 4 is 12.1 Å². The first-order valence-corrected chi connectivity index (χ1v) is 8.32. The highest BCUT2D eigenvalue weighted by atomic mass is 19.1. The smallest absolute Gasteiger partial charge is 0.260 e. The van der Waals surface area contributed by atoms with Crippen molar-refractivity contribution in [2.24, 2.45) is 22.9 Å². The molecule has 2 aliphatic rings. The molecule has 2 fully saturated rings. The molecule has 1 N–H and O–H groups in total. The van der Waals surface area contributed by atoms with E-state index in [0.29, 0.717) is 5.92 Å². The highest BCUT2D eigenvalue weighted by Crippen LogP contribution is 2.49. The SMILES string of the molecule is CC(NC(=O)CO/N=C/c1ccc(F)cc1)C1CC2CCC1C2. The molecule has 1 amide bonds. The number of amides is 1. The Labute approximate surface area is 136 Å². The molecule has 124 valence electrons. The van der Waals surface area contributed by atoms with Crippen LogP contribution in [-0.2, 0) is 9.63 Å². The Bertz CT molecular complexity index is 573. The number of carbonyl (C=O) groups is 1. The fourth-order valence-electron chi connectivity index (χ4n) is 4.05. The molecule has 0 spiro atoms. The zero-order valence-corrected chi connectivity index (χ0v) is 13.4. The van der Waals surface area contributed by atoms with Gasteiger partial charge >= 0.3 is 0 Å². The summed E-state index contributed by atoms with van der Waals surface area (Å²) in [5, 5.41) is 6.77. The lowest BCUT2D eigenvalue weighted by atomic mass is 9.84. The number of halogens is 1. The Morgan fingerprint density at radius 2 is 2.17 bits per heavy atom. The molecule has 0 radical (unpaired) electrons. The number of nitrogens with one attached hydrogen (secondary N) is 1. The third kappa shape index (κ3) is 4.09. The van der Waals surface area contributed by atoms with Crippen molar-refractivity contribution in [1.82, 2.24) is 5.32 Å². The first-order chi connectivity index (χ1) is 11.1. The summed E-state index contributed by atoms with van der Waals surface area (Å²) in [4.78, 5) is 16.9. The first-order valence-electron chi connectivity index (χ1n) is 8.32. The number of hydrogen-bond acceptors (Lipinski definition) is 3. The zero-order chi connectivity index (χ0) is 16.2. The van der Waals surface area contributed by atoms with Crippen LogP contribution in [0.2, 0.25) is 0 Å². The van der Waals surface area contributed by atoms with Gasteiger partial charge in [0.15, 0.2) is 6.61 Å². The van der Waals surface area contributed by atoms with Gasteiger partial charge in [0, 0.05) is 6.04 Å². The van der Waals surface area contributed by atoms with E-state index in [4.69, 9.17) is 4.84 Å². The molecule has 23 heavy (non-hydrogen) atoms. The number of nitrogens with zero attached hydrogens (tertiary/aromatic N) is 1.